The van der Waals surface area contributed by atoms with Crippen molar-refractivity contribution in [3.05, 3.63) is 27.8 Å². The lowest BCUT2D eigenvalue weighted by molar-refractivity contribution is -0.119. The van der Waals surface area contributed by atoms with Crippen LogP contribution in [0.3, 0.4) is 0 Å². The van der Waals surface area contributed by atoms with Gasteiger partial charge in [-0.3, -0.25) is 4.79 Å². The molecular weight excluding hydrogens is 336 g/mol. The van der Waals surface area contributed by atoms with Crippen molar-refractivity contribution in [2.45, 2.75) is 59.3 Å². The highest BCUT2D eigenvalue weighted by Gasteiger charge is 2.32. The molecule has 1 fully saturated rings. The van der Waals surface area contributed by atoms with E-state index in [1.807, 2.05) is 27.7 Å². The number of hydrogen-bond acceptors (Lipinski definition) is 3. The molecule has 1 aromatic rings. The summed E-state index contributed by atoms with van der Waals surface area (Å²) in [5, 5.41) is 2.83. The molecule has 1 aliphatic heterocycles. The van der Waals surface area contributed by atoms with Crippen LogP contribution in [0.25, 0.3) is 0 Å². The summed E-state index contributed by atoms with van der Waals surface area (Å²) in [7, 11) is -3.49. The summed E-state index contributed by atoms with van der Waals surface area (Å²) >= 11 is 0. The molecule has 0 bridgehead atoms. The predicted octanol–water partition coefficient (Wildman–Crippen LogP) is 2.77. The molecule has 1 heterocycles. The Hall–Kier alpha value is -1.40. The Bertz CT molecular complexity index is 747. The molecular formula is C19H30N2O3S. The number of benzene rings is 1. The van der Waals surface area contributed by atoms with Crippen LogP contribution in [-0.2, 0) is 14.8 Å². The first-order valence-corrected chi connectivity index (χ1v) is 10.3. The summed E-state index contributed by atoms with van der Waals surface area (Å²) in [5.74, 6) is 0.311. The second-order valence-electron chi connectivity index (χ2n) is 7.24. The Labute approximate surface area is 151 Å². The van der Waals surface area contributed by atoms with Gasteiger partial charge in [-0.1, -0.05) is 0 Å². The van der Waals surface area contributed by atoms with Crippen LogP contribution in [0.2, 0.25) is 0 Å². The lowest BCUT2D eigenvalue weighted by Gasteiger charge is -2.32. The Morgan fingerprint density at radius 1 is 0.960 bits per heavy atom. The topological polar surface area (TPSA) is 66.5 Å². The third-order valence-electron chi connectivity index (χ3n) is 5.74. The molecule has 0 spiro atoms. The van der Waals surface area contributed by atoms with Crippen LogP contribution in [0.5, 0.6) is 0 Å². The standard InChI is InChI=1S/C19H30N2O3S/c1-12-13(2)15(4)19(16(5)14(12)3)25(23,24)21-9-7-18(8-10-21)11-20-17(6)22/h18H,7-11H2,1-6H3,(H,20,22). The third-order valence-corrected chi connectivity index (χ3v) is 7.92. The number of nitrogens with one attached hydrogen (secondary N) is 1. The molecule has 1 amide bonds. The van der Waals surface area contributed by atoms with Crippen molar-refractivity contribution in [2.75, 3.05) is 19.6 Å². The van der Waals surface area contributed by atoms with Crippen LogP contribution in [0.4, 0.5) is 0 Å². The van der Waals surface area contributed by atoms with Crippen molar-refractivity contribution in [3.63, 3.8) is 0 Å². The Morgan fingerprint density at radius 3 is 1.84 bits per heavy atom. The van der Waals surface area contributed by atoms with Gasteiger partial charge in [0, 0.05) is 26.6 Å². The first kappa shape index (κ1) is 19.9. The van der Waals surface area contributed by atoms with Crippen molar-refractivity contribution in [1.29, 1.82) is 0 Å². The van der Waals surface area contributed by atoms with E-state index in [4.69, 9.17) is 0 Å². The van der Waals surface area contributed by atoms with Crippen LogP contribution < -0.4 is 5.32 Å². The number of rotatable bonds is 4. The number of amides is 1. The van der Waals surface area contributed by atoms with Gasteiger partial charge >= 0.3 is 0 Å². The Kier molecular flexibility index (Phi) is 5.94. The fraction of sp³-hybridized carbons (Fsp3) is 0.632. The molecule has 0 saturated carbocycles. The second kappa shape index (κ2) is 7.46. The van der Waals surface area contributed by atoms with Crippen LogP contribution in [0, 0.1) is 40.5 Å². The Morgan fingerprint density at radius 2 is 1.40 bits per heavy atom. The van der Waals surface area contributed by atoms with Gasteiger partial charge in [0.05, 0.1) is 4.90 Å². The van der Waals surface area contributed by atoms with Gasteiger partial charge in [-0.05, 0) is 81.2 Å². The number of nitrogens with zero attached hydrogens (tertiary/aromatic N) is 1. The van der Waals surface area contributed by atoms with E-state index in [0.29, 0.717) is 30.4 Å². The van der Waals surface area contributed by atoms with E-state index in [2.05, 4.69) is 12.2 Å². The molecule has 6 heteroatoms. The summed E-state index contributed by atoms with van der Waals surface area (Å²) in [5.41, 5.74) is 5.01. The molecule has 0 aliphatic carbocycles. The molecule has 1 aliphatic rings. The average Bonchev–Trinajstić information content (AvgIpc) is 2.56. The first-order valence-electron chi connectivity index (χ1n) is 8.88. The van der Waals surface area contributed by atoms with Gasteiger partial charge in [0.1, 0.15) is 0 Å². The number of piperidine rings is 1. The van der Waals surface area contributed by atoms with E-state index in [0.717, 1.165) is 35.1 Å². The Balaban J connectivity index is 2.26. The van der Waals surface area contributed by atoms with E-state index in [-0.39, 0.29) is 5.91 Å². The molecule has 1 aromatic carbocycles. The van der Waals surface area contributed by atoms with Crippen LogP contribution in [0.1, 0.15) is 47.6 Å². The summed E-state index contributed by atoms with van der Waals surface area (Å²) in [6.07, 6.45) is 1.56. The predicted molar refractivity (Wildman–Crippen MR) is 100 cm³/mol. The van der Waals surface area contributed by atoms with Gasteiger partial charge in [0.2, 0.25) is 15.9 Å². The normalized spacial score (nSPS) is 16.9. The molecule has 140 valence electrons. The highest BCUT2D eigenvalue weighted by Crippen LogP contribution is 2.33. The maximum atomic E-state index is 13.3. The summed E-state index contributed by atoms with van der Waals surface area (Å²) in [6.45, 7) is 13.0. The van der Waals surface area contributed by atoms with Crippen LogP contribution in [-0.4, -0.2) is 38.3 Å². The summed E-state index contributed by atoms with van der Waals surface area (Å²) < 4.78 is 28.2. The van der Waals surface area contributed by atoms with Gasteiger partial charge in [-0.15, -0.1) is 0 Å². The number of carbonyl (C=O) groups excluding carboxylic acids is 1. The maximum Gasteiger partial charge on any atom is 0.243 e. The molecule has 0 radical (unpaired) electrons. The SMILES string of the molecule is CC(=O)NCC1CCN(S(=O)(=O)c2c(C)c(C)c(C)c(C)c2C)CC1. The molecule has 1 N–H and O–H groups in total. The molecule has 2 rings (SSSR count). The highest BCUT2D eigenvalue weighted by molar-refractivity contribution is 7.89. The zero-order valence-electron chi connectivity index (χ0n) is 16.2. The fourth-order valence-corrected chi connectivity index (χ4v) is 5.65. The zero-order valence-corrected chi connectivity index (χ0v) is 17.0. The minimum atomic E-state index is -3.49. The van der Waals surface area contributed by atoms with Gasteiger partial charge in [-0.25, -0.2) is 8.42 Å². The largest absolute Gasteiger partial charge is 0.356 e. The quantitative estimate of drug-likeness (QED) is 0.891. The van der Waals surface area contributed by atoms with E-state index in [1.54, 1.807) is 4.31 Å². The minimum Gasteiger partial charge on any atom is -0.356 e. The van der Waals surface area contributed by atoms with E-state index in [1.165, 1.54) is 12.5 Å². The van der Waals surface area contributed by atoms with Gasteiger partial charge < -0.3 is 5.32 Å². The van der Waals surface area contributed by atoms with Gasteiger partial charge in [0.25, 0.3) is 0 Å². The number of hydrogen-bond donors (Lipinski definition) is 1. The average molecular weight is 367 g/mol. The number of sulfonamides is 1. The first-order chi connectivity index (χ1) is 11.6. The smallest absolute Gasteiger partial charge is 0.243 e. The van der Waals surface area contributed by atoms with Crippen LogP contribution >= 0.6 is 0 Å². The molecule has 5 nitrogen and oxygen atoms in total. The van der Waals surface area contributed by atoms with E-state index in [9.17, 15) is 13.2 Å². The third kappa shape index (κ3) is 3.90. The van der Waals surface area contributed by atoms with Crippen molar-refractivity contribution in [2.24, 2.45) is 5.92 Å². The highest BCUT2D eigenvalue weighted by atomic mass is 32.2. The molecule has 25 heavy (non-hydrogen) atoms. The van der Waals surface area contributed by atoms with Crippen molar-refractivity contribution in [1.82, 2.24) is 9.62 Å². The van der Waals surface area contributed by atoms with Crippen molar-refractivity contribution >= 4 is 15.9 Å². The molecule has 0 aromatic heterocycles. The summed E-state index contributed by atoms with van der Waals surface area (Å²) in [4.78, 5) is 11.5. The minimum absolute atomic E-state index is 0.0353. The van der Waals surface area contributed by atoms with E-state index >= 15 is 0 Å². The van der Waals surface area contributed by atoms with Crippen LogP contribution in [0.15, 0.2) is 4.90 Å². The molecule has 1 saturated heterocycles. The van der Waals surface area contributed by atoms with E-state index < -0.39 is 10.0 Å². The van der Waals surface area contributed by atoms with Gasteiger partial charge in [-0.2, -0.15) is 4.31 Å². The zero-order chi connectivity index (χ0) is 18.9. The monoisotopic (exact) mass is 366 g/mol. The molecule has 0 atom stereocenters. The van der Waals surface area contributed by atoms with Crippen molar-refractivity contribution in [3.8, 4) is 0 Å². The lowest BCUT2D eigenvalue weighted by Crippen LogP contribution is -2.41. The molecule has 0 unspecified atom stereocenters. The fourth-order valence-electron chi connectivity index (χ4n) is 3.62. The summed E-state index contributed by atoms with van der Waals surface area (Å²) in [6, 6.07) is 0. The number of carbonyl (C=O) groups is 1. The maximum absolute atomic E-state index is 13.3. The second-order valence-corrected chi connectivity index (χ2v) is 9.11. The van der Waals surface area contributed by atoms with Crippen molar-refractivity contribution < 1.29 is 13.2 Å². The van der Waals surface area contributed by atoms with Gasteiger partial charge in [0.15, 0.2) is 0 Å². The lowest BCUT2D eigenvalue weighted by atomic mass is 9.95.